The Balaban J connectivity index is 3.53. The van der Waals surface area contributed by atoms with Gasteiger partial charge >= 0.3 is 5.97 Å². The molecule has 0 aromatic heterocycles. The highest BCUT2D eigenvalue weighted by Gasteiger charge is 2.18. The van der Waals surface area contributed by atoms with E-state index in [0.29, 0.717) is 6.42 Å². The molecule has 0 saturated carbocycles. The molecule has 0 aliphatic carbocycles. The van der Waals surface area contributed by atoms with Crippen LogP contribution < -0.4 is 0 Å². The van der Waals surface area contributed by atoms with Crippen molar-refractivity contribution in [2.24, 2.45) is 5.41 Å². The molecule has 0 saturated heterocycles. The second kappa shape index (κ2) is 9.41. The van der Waals surface area contributed by atoms with Crippen molar-refractivity contribution >= 4 is 5.97 Å². The lowest BCUT2D eigenvalue weighted by molar-refractivity contribution is -0.150. The summed E-state index contributed by atoms with van der Waals surface area (Å²) in [5.41, 5.74) is 0.0248. The third-order valence-corrected chi connectivity index (χ3v) is 2.97. The van der Waals surface area contributed by atoms with Crippen molar-refractivity contribution < 1.29 is 9.53 Å². The standard InChI is InChI=1S/C16H32O2/c1-6-7-8-9-10-11-12-14(2)18-15(17)13-16(3,4)5/h14H,6-13H2,1-5H3. The number of ether oxygens (including phenoxy) is 1. The maximum absolute atomic E-state index is 11.6. The summed E-state index contributed by atoms with van der Waals surface area (Å²) in [5.74, 6) is -0.0546. The average Bonchev–Trinajstić information content (AvgIpc) is 2.20. The van der Waals surface area contributed by atoms with Gasteiger partial charge in [0.2, 0.25) is 0 Å². The zero-order chi connectivity index (χ0) is 14.0. The van der Waals surface area contributed by atoms with Crippen LogP contribution >= 0.6 is 0 Å². The minimum absolute atomic E-state index is 0.0248. The predicted molar refractivity (Wildman–Crippen MR) is 77.6 cm³/mol. The predicted octanol–water partition coefficient (Wildman–Crippen LogP) is 5.10. The van der Waals surface area contributed by atoms with Crippen LogP contribution in [0.4, 0.5) is 0 Å². The van der Waals surface area contributed by atoms with Crippen LogP contribution in [0.1, 0.15) is 86.0 Å². The van der Waals surface area contributed by atoms with Crippen LogP contribution in [0.3, 0.4) is 0 Å². The molecule has 0 aliphatic rings. The molecule has 0 amide bonds. The van der Waals surface area contributed by atoms with Crippen LogP contribution in [-0.2, 0) is 9.53 Å². The summed E-state index contributed by atoms with van der Waals surface area (Å²) in [5, 5.41) is 0. The fourth-order valence-electron chi connectivity index (χ4n) is 1.97. The smallest absolute Gasteiger partial charge is 0.306 e. The Labute approximate surface area is 113 Å². The summed E-state index contributed by atoms with van der Waals surface area (Å²) in [4.78, 5) is 11.6. The fourth-order valence-corrected chi connectivity index (χ4v) is 1.97. The van der Waals surface area contributed by atoms with Crippen molar-refractivity contribution in [3.05, 3.63) is 0 Å². The summed E-state index contributed by atoms with van der Waals surface area (Å²) in [7, 11) is 0. The van der Waals surface area contributed by atoms with E-state index in [0.717, 1.165) is 6.42 Å². The molecule has 1 atom stereocenters. The monoisotopic (exact) mass is 256 g/mol. The number of carbonyl (C=O) groups is 1. The maximum atomic E-state index is 11.6. The van der Waals surface area contributed by atoms with Gasteiger partial charge < -0.3 is 4.74 Å². The Bertz CT molecular complexity index is 216. The SMILES string of the molecule is CCCCCCCCC(C)OC(=O)CC(C)(C)C. The van der Waals surface area contributed by atoms with E-state index in [-0.39, 0.29) is 17.5 Å². The Hall–Kier alpha value is -0.530. The van der Waals surface area contributed by atoms with Gasteiger partial charge in [0.1, 0.15) is 0 Å². The van der Waals surface area contributed by atoms with Crippen LogP contribution in [0.15, 0.2) is 0 Å². The number of hydrogen-bond donors (Lipinski definition) is 0. The zero-order valence-corrected chi connectivity index (χ0v) is 13.1. The normalized spacial score (nSPS) is 13.4. The highest BCUT2D eigenvalue weighted by molar-refractivity contribution is 5.70. The number of esters is 1. The molecule has 0 aliphatic heterocycles. The largest absolute Gasteiger partial charge is 0.463 e. The first-order chi connectivity index (χ1) is 8.35. The number of rotatable bonds is 9. The quantitative estimate of drug-likeness (QED) is 0.423. The highest BCUT2D eigenvalue weighted by Crippen LogP contribution is 2.20. The summed E-state index contributed by atoms with van der Waals surface area (Å²) < 4.78 is 5.42. The first kappa shape index (κ1) is 17.5. The van der Waals surface area contributed by atoms with Crippen molar-refractivity contribution in [3.63, 3.8) is 0 Å². The molecule has 0 aromatic rings. The van der Waals surface area contributed by atoms with E-state index in [9.17, 15) is 4.79 Å². The van der Waals surface area contributed by atoms with E-state index >= 15 is 0 Å². The van der Waals surface area contributed by atoms with Crippen molar-refractivity contribution in [2.75, 3.05) is 0 Å². The Morgan fingerprint density at radius 3 is 2.17 bits per heavy atom. The van der Waals surface area contributed by atoms with E-state index in [4.69, 9.17) is 4.74 Å². The minimum Gasteiger partial charge on any atom is -0.463 e. The molecule has 0 radical (unpaired) electrons. The average molecular weight is 256 g/mol. The second-order valence-electron chi connectivity index (χ2n) is 6.59. The first-order valence-corrected chi connectivity index (χ1v) is 7.54. The molecular formula is C16H32O2. The van der Waals surface area contributed by atoms with E-state index in [1.54, 1.807) is 0 Å². The van der Waals surface area contributed by atoms with E-state index < -0.39 is 0 Å². The zero-order valence-electron chi connectivity index (χ0n) is 13.1. The molecule has 0 spiro atoms. The lowest BCUT2D eigenvalue weighted by Gasteiger charge is -2.19. The molecule has 0 aromatic carbocycles. The summed E-state index contributed by atoms with van der Waals surface area (Å²) in [6, 6.07) is 0. The van der Waals surface area contributed by atoms with Gasteiger partial charge in [-0.3, -0.25) is 4.79 Å². The van der Waals surface area contributed by atoms with Crippen molar-refractivity contribution in [2.45, 2.75) is 92.1 Å². The van der Waals surface area contributed by atoms with E-state index in [2.05, 4.69) is 27.7 Å². The van der Waals surface area contributed by atoms with Gasteiger partial charge in [-0.1, -0.05) is 59.8 Å². The van der Waals surface area contributed by atoms with Crippen molar-refractivity contribution in [1.82, 2.24) is 0 Å². The molecule has 0 rings (SSSR count). The van der Waals surface area contributed by atoms with Crippen LogP contribution in [0.2, 0.25) is 0 Å². The molecule has 0 heterocycles. The van der Waals surface area contributed by atoms with E-state index in [1.807, 2.05) is 6.92 Å². The Morgan fingerprint density at radius 2 is 1.61 bits per heavy atom. The Kier molecular flexibility index (Phi) is 9.13. The molecule has 0 fully saturated rings. The van der Waals surface area contributed by atoms with Gasteiger partial charge in [-0.15, -0.1) is 0 Å². The number of carbonyl (C=O) groups excluding carboxylic acids is 1. The maximum Gasteiger partial charge on any atom is 0.306 e. The van der Waals surface area contributed by atoms with Gasteiger partial charge in [0.05, 0.1) is 12.5 Å². The highest BCUT2D eigenvalue weighted by atomic mass is 16.5. The van der Waals surface area contributed by atoms with Gasteiger partial charge in [0, 0.05) is 0 Å². The fraction of sp³-hybridized carbons (Fsp3) is 0.938. The topological polar surface area (TPSA) is 26.3 Å². The molecule has 18 heavy (non-hydrogen) atoms. The van der Waals surface area contributed by atoms with Gasteiger partial charge in [-0.2, -0.15) is 0 Å². The van der Waals surface area contributed by atoms with Crippen LogP contribution in [-0.4, -0.2) is 12.1 Å². The molecule has 0 bridgehead atoms. The summed E-state index contributed by atoms with van der Waals surface area (Å²) in [6.45, 7) is 10.4. The molecular weight excluding hydrogens is 224 g/mol. The molecule has 2 nitrogen and oxygen atoms in total. The van der Waals surface area contributed by atoms with Gasteiger partial charge in [-0.25, -0.2) is 0 Å². The third-order valence-electron chi connectivity index (χ3n) is 2.97. The van der Waals surface area contributed by atoms with Crippen LogP contribution in [0.25, 0.3) is 0 Å². The van der Waals surface area contributed by atoms with Crippen molar-refractivity contribution in [1.29, 1.82) is 0 Å². The van der Waals surface area contributed by atoms with Crippen LogP contribution in [0, 0.1) is 5.41 Å². The lowest BCUT2D eigenvalue weighted by Crippen LogP contribution is -2.20. The molecule has 1 unspecified atom stereocenters. The van der Waals surface area contributed by atoms with E-state index in [1.165, 1.54) is 38.5 Å². The first-order valence-electron chi connectivity index (χ1n) is 7.54. The lowest BCUT2D eigenvalue weighted by atomic mass is 9.92. The second-order valence-corrected chi connectivity index (χ2v) is 6.59. The molecule has 2 heteroatoms. The summed E-state index contributed by atoms with van der Waals surface area (Å²) >= 11 is 0. The van der Waals surface area contributed by atoms with Crippen molar-refractivity contribution in [3.8, 4) is 0 Å². The third kappa shape index (κ3) is 11.9. The Morgan fingerprint density at radius 1 is 1.06 bits per heavy atom. The molecule has 108 valence electrons. The summed E-state index contributed by atoms with van der Waals surface area (Å²) in [6.07, 6.45) is 9.32. The van der Waals surface area contributed by atoms with Gasteiger partial charge in [-0.05, 0) is 25.2 Å². The minimum atomic E-state index is -0.0546. The molecule has 0 N–H and O–H groups in total. The number of unbranched alkanes of at least 4 members (excludes halogenated alkanes) is 5. The van der Waals surface area contributed by atoms with Gasteiger partial charge in [0.15, 0.2) is 0 Å². The van der Waals surface area contributed by atoms with Gasteiger partial charge in [0.25, 0.3) is 0 Å². The van der Waals surface area contributed by atoms with Crippen LogP contribution in [0.5, 0.6) is 0 Å². The number of hydrogen-bond acceptors (Lipinski definition) is 2.